The van der Waals surface area contributed by atoms with Crippen molar-refractivity contribution < 1.29 is 28.5 Å². The number of benzene rings is 1. The Morgan fingerprint density at radius 2 is 1.67 bits per heavy atom. The first kappa shape index (κ1) is 26.5. The predicted molar refractivity (Wildman–Crippen MR) is 125 cm³/mol. The maximum atomic E-state index is 12.6. The molecule has 1 amide bonds. The number of rotatable bonds is 8. The Balaban J connectivity index is 0.00000385. The van der Waals surface area contributed by atoms with Gasteiger partial charge in [-0.3, -0.25) is 9.69 Å². The average Bonchev–Trinajstić information content (AvgIpc) is 2.83. The molecule has 0 aliphatic carbocycles. The molecule has 1 aliphatic rings. The van der Waals surface area contributed by atoms with Gasteiger partial charge in [0.05, 0.1) is 32.5 Å². The lowest BCUT2D eigenvalue weighted by Gasteiger charge is -2.34. The predicted octanol–water partition coefficient (Wildman–Crippen LogP) is 2.80. The summed E-state index contributed by atoms with van der Waals surface area (Å²) in [6, 6.07) is 6.47. The summed E-state index contributed by atoms with van der Waals surface area (Å²) in [5.74, 6) is 0.564. The van der Waals surface area contributed by atoms with E-state index in [-0.39, 0.29) is 30.1 Å². The summed E-state index contributed by atoms with van der Waals surface area (Å²) in [4.78, 5) is 33.0. The van der Waals surface area contributed by atoms with Crippen LogP contribution in [0.3, 0.4) is 0 Å². The van der Waals surface area contributed by atoms with Gasteiger partial charge in [-0.1, -0.05) is 11.6 Å². The first-order valence-corrected chi connectivity index (χ1v) is 10.5. The van der Waals surface area contributed by atoms with E-state index >= 15 is 0 Å². The van der Waals surface area contributed by atoms with Crippen LogP contribution in [-0.2, 0) is 4.74 Å². The van der Waals surface area contributed by atoms with Crippen molar-refractivity contribution in [3.63, 3.8) is 0 Å². The minimum atomic E-state index is -0.482. The Morgan fingerprint density at radius 3 is 2.21 bits per heavy atom. The third-order valence-electron chi connectivity index (χ3n) is 5.19. The van der Waals surface area contributed by atoms with Crippen LogP contribution in [0, 0.1) is 0 Å². The van der Waals surface area contributed by atoms with Gasteiger partial charge in [0.1, 0.15) is 11.8 Å². The van der Waals surface area contributed by atoms with Gasteiger partial charge in [-0.15, -0.1) is 12.4 Å². The number of pyridine rings is 1. The van der Waals surface area contributed by atoms with Crippen LogP contribution in [0.1, 0.15) is 20.7 Å². The number of esters is 1. The molecule has 11 heteroatoms. The topological polar surface area (TPSA) is 90.4 Å². The quantitative estimate of drug-likeness (QED) is 0.404. The van der Waals surface area contributed by atoms with Crippen LogP contribution in [-0.4, -0.2) is 87.3 Å². The minimum absolute atomic E-state index is 0. The summed E-state index contributed by atoms with van der Waals surface area (Å²) in [6.45, 7) is 3.25. The molecular weight excluding hydrogens is 473 g/mol. The maximum Gasteiger partial charge on any atom is 0.338 e. The van der Waals surface area contributed by atoms with Crippen molar-refractivity contribution in [3.05, 3.63) is 46.7 Å². The van der Waals surface area contributed by atoms with Crippen molar-refractivity contribution in [2.75, 3.05) is 60.7 Å². The van der Waals surface area contributed by atoms with E-state index in [0.29, 0.717) is 61.1 Å². The highest BCUT2D eigenvalue weighted by Crippen LogP contribution is 2.38. The standard InChI is InChI=1S/C22H26ClN3O6.ClH/c1-29-17-13-15(14-18(30-2)19(17)31-3)22(28)32-12-11-25-7-9-26(10-8-25)21(27)16-5-4-6-24-20(16)23;/h4-6,13-14H,7-12H2,1-3H3;1H. The van der Waals surface area contributed by atoms with E-state index in [4.69, 9.17) is 30.5 Å². The van der Waals surface area contributed by atoms with Crippen LogP contribution >= 0.6 is 24.0 Å². The monoisotopic (exact) mass is 499 g/mol. The van der Waals surface area contributed by atoms with Crippen LogP contribution < -0.4 is 14.2 Å². The molecule has 3 rings (SSSR count). The van der Waals surface area contributed by atoms with E-state index in [1.807, 2.05) is 0 Å². The molecule has 2 aromatic rings. The largest absolute Gasteiger partial charge is 0.493 e. The van der Waals surface area contributed by atoms with E-state index in [1.165, 1.54) is 21.3 Å². The van der Waals surface area contributed by atoms with E-state index in [9.17, 15) is 9.59 Å². The summed E-state index contributed by atoms with van der Waals surface area (Å²) in [5, 5.41) is 0.207. The average molecular weight is 500 g/mol. The number of hydrogen-bond donors (Lipinski definition) is 0. The molecule has 1 fully saturated rings. The lowest BCUT2D eigenvalue weighted by Crippen LogP contribution is -2.49. The summed E-state index contributed by atoms with van der Waals surface area (Å²) < 4.78 is 21.2. The van der Waals surface area contributed by atoms with Crippen molar-refractivity contribution in [3.8, 4) is 17.2 Å². The van der Waals surface area contributed by atoms with Crippen molar-refractivity contribution in [2.45, 2.75) is 0 Å². The third-order valence-corrected chi connectivity index (χ3v) is 5.49. The number of ether oxygens (including phenoxy) is 4. The van der Waals surface area contributed by atoms with Gasteiger partial charge in [0, 0.05) is 38.9 Å². The summed E-state index contributed by atoms with van der Waals surface area (Å²) >= 11 is 6.03. The molecule has 1 saturated heterocycles. The molecule has 180 valence electrons. The number of methoxy groups -OCH3 is 3. The highest BCUT2D eigenvalue weighted by Gasteiger charge is 2.24. The molecule has 9 nitrogen and oxygen atoms in total. The second-order valence-electron chi connectivity index (χ2n) is 7.03. The Labute approximate surface area is 203 Å². The van der Waals surface area contributed by atoms with Gasteiger partial charge in [0.25, 0.3) is 5.91 Å². The number of piperazine rings is 1. The Morgan fingerprint density at radius 1 is 1.03 bits per heavy atom. The smallest absolute Gasteiger partial charge is 0.338 e. The maximum absolute atomic E-state index is 12.6. The first-order chi connectivity index (χ1) is 15.5. The number of nitrogens with zero attached hydrogens (tertiary/aromatic N) is 3. The zero-order valence-electron chi connectivity index (χ0n) is 18.7. The number of hydrogen-bond acceptors (Lipinski definition) is 8. The van der Waals surface area contributed by atoms with Crippen LogP contribution in [0.4, 0.5) is 0 Å². The normalized spacial score (nSPS) is 13.6. The van der Waals surface area contributed by atoms with Crippen molar-refractivity contribution in [1.82, 2.24) is 14.8 Å². The van der Waals surface area contributed by atoms with Crippen molar-refractivity contribution in [1.29, 1.82) is 0 Å². The molecule has 0 saturated carbocycles. The van der Waals surface area contributed by atoms with E-state index in [2.05, 4.69) is 9.88 Å². The van der Waals surface area contributed by atoms with Crippen LogP contribution in [0.5, 0.6) is 17.2 Å². The molecule has 33 heavy (non-hydrogen) atoms. The number of carbonyl (C=O) groups is 2. The molecule has 0 atom stereocenters. The second kappa shape index (κ2) is 12.5. The fourth-order valence-electron chi connectivity index (χ4n) is 3.44. The van der Waals surface area contributed by atoms with Crippen LogP contribution in [0.15, 0.2) is 30.5 Å². The van der Waals surface area contributed by atoms with Gasteiger partial charge in [-0.2, -0.15) is 0 Å². The molecule has 2 heterocycles. The Bertz CT molecular complexity index is 942. The van der Waals surface area contributed by atoms with Gasteiger partial charge < -0.3 is 23.8 Å². The SMILES string of the molecule is COc1cc(C(=O)OCCN2CCN(C(=O)c3cccnc3Cl)CC2)cc(OC)c1OC.Cl. The van der Waals surface area contributed by atoms with Gasteiger partial charge in [0.15, 0.2) is 11.5 Å². The highest BCUT2D eigenvalue weighted by molar-refractivity contribution is 6.32. The summed E-state index contributed by atoms with van der Waals surface area (Å²) in [6.07, 6.45) is 1.55. The molecule has 0 radical (unpaired) electrons. The first-order valence-electron chi connectivity index (χ1n) is 10.1. The molecule has 0 spiro atoms. The van der Waals surface area contributed by atoms with Gasteiger partial charge in [-0.25, -0.2) is 9.78 Å². The van der Waals surface area contributed by atoms with Crippen molar-refractivity contribution in [2.24, 2.45) is 0 Å². The fourth-order valence-corrected chi connectivity index (χ4v) is 3.64. The van der Waals surface area contributed by atoms with Crippen molar-refractivity contribution >= 4 is 35.9 Å². The molecule has 1 aromatic carbocycles. The number of carbonyl (C=O) groups excluding carboxylic acids is 2. The van der Waals surface area contributed by atoms with Crippen LogP contribution in [0.2, 0.25) is 5.15 Å². The Hall–Kier alpha value is -2.75. The number of aromatic nitrogens is 1. The molecule has 0 N–H and O–H groups in total. The molecule has 0 bridgehead atoms. The lowest BCUT2D eigenvalue weighted by molar-refractivity contribution is 0.0411. The summed E-state index contributed by atoms with van der Waals surface area (Å²) in [7, 11) is 4.47. The molecule has 1 aliphatic heterocycles. The number of halogens is 2. The van der Waals surface area contributed by atoms with Gasteiger partial charge in [0.2, 0.25) is 5.75 Å². The third kappa shape index (κ3) is 6.40. The van der Waals surface area contributed by atoms with E-state index in [1.54, 1.807) is 35.4 Å². The summed E-state index contributed by atoms with van der Waals surface area (Å²) in [5.41, 5.74) is 0.713. The zero-order chi connectivity index (χ0) is 23.1. The van der Waals surface area contributed by atoms with E-state index < -0.39 is 5.97 Å². The molecule has 0 unspecified atom stereocenters. The molecular formula is C22H27Cl2N3O6. The number of amides is 1. The van der Waals surface area contributed by atoms with Gasteiger partial charge in [-0.05, 0) is 24.3 Å². The molecule has 1 aromatic heterocycles. The Kier molecular flexibility index (Phi) is 10.0. The second-order valence-corrected chi connectivity index (χ2v) is 7.38. The minimum Gasteiger partial charge on any atom is -0.493 e. The van der Waals surface area contributed by atoms with Crippen LogP contribution in [0.25, 0.3) is 0 Å². The lowest BCUT2D eigenvalue weighted by atomic mass is 10.2. The zero-order valence-corrected chi connectivity index (χ0v) is 20.3. The van der Waals surface area contributed by atoms with Gasteiger partial charge >= 0.3 is 5.97 Å². The highest BCUT2D eigenvalue weighted by atomic mass is 35.5. The fraction of sp³-hybridized carbons (Fsp3) is 0.409. The van der Waals surface area contributed by atoms with E-state index in [0.717, 1.165) is 0 Å².